The number of hydrogen-bond acceptors (Lipinski definition) is 3. The first kappa shape index (κ1) is 13.1. The fourth-order valence-electron chi connectivity index (χ4n) is 2.38. The number of aliphatic carboxylic acids is 1. The highest BCUT2D eigenvalue weighted by Gasteiger charge is 2.30. The van der Waals surface area contributed by atoms with Crippen molar-refractivity contribution < 1.29 is 9.90 Å². The van der Waals surface area contributed by atoms with Crippen LogP contribution in [0.5, 0.6) is 0 Å². The predicted octanol–water partition coefficient (Wildman–Crippen LogP) is 1.06. The molecule has 1 aliphatic heterocycles. The van der Waals surface area contributed by atoms with Crippen molar-refractivity contribution in [3.8, 4) is 0 Å². The van der Waals surface area contributed by atoms with Gasteiger partial charge in [-0.15, -0.1) is 0 Å². The number of benzene rings is 1. The third kappa shape index (κ3) is 2.89. The van der Waals surface area contributed by atoms with Crippen molar-refractivity contribution in [2.24, 2.45) is 0 Å². The van der Waals surface area contributed by atoms with Gasteiger partial charge in [-0.25, -0.2) is 0 Å². The summed E-state index contributed by atoms with van der Waals surface area (Å²) in [4.78, 5) is 15.5. The minimum atomic E-state index is -0.719. The Morgan fingerprint density at radius 1 is 1.39 bits per heavy atom. The van der Waals surface area contributed by atoms with E-state index in [-0.39, 0.29) is 6.04 Å². The smallest absolute Gasteiger partial charge is 0.321 e. The monoisotopic (exact) mass is 248 g/mol. The van der Waals surface area contributed by atoms with Crippen LogP contribution in [-0.2, 0) is 17.8 Å². The molecular formula is C14H20N2O2. The number of carbonyl (C=O) groups is 1. The summed E-state index contributed by atoms with van der Waals surface area (Å²) >= 11 is 0. The van der Waals surface area contributed by atoms with E-state index in [1.807, 2.05) is 32.3 Å². The third-order valence-corrected chi connectivity index (χ3v) is 3.47. The van der Waals surface area contributed by atoms with Crippen LogP contribution < -0.4 is 0 Å². The van der Waals surface area contributed by atoms with Gasteiger partial charge in [0, 0.05) is 19.6 Å². The Labute approximate surface area is 108 Å². The average molecular weight is 248 g/mol. The minimum Gasteiger partial charge on any atom is -0.480 e. The van der Waals surface area contributed by atoms with E-state index < -0.39 is 5.97 Å². The highest BCUT2D eigenvalue weighted by Crippen LogP contribution is 2.23. The summed E-state index contributed by atoms with van der Waals surface area (Å²) in [6.07, 6.45) is 0.610. The van der Waals surface area contributed by atoms with E-state index in [1.54, 1.807) is 0 Å². The molecule has 0 saturated heterocycles. The minimum absolute atomic E-state index is 0.389. The first-order chi connectivity index (χ1) is 8.58. The van der Waals surface area contributed by atoms with Gasteiger partial charge in [-0.2, -0.15) is 0 Å². The van der Waals surface area contributed by atoms with Crippen molar-refractivity contribution in [1.82, 2.24) is 9.80 Å². The second-order valence-corrected chi connectivity index (χ2v) is 5.10. The molecule has 1 aromatic carbocycles. The van der Waals surface area contributed by atoms with E-state index >= 15 is 0 Å². The maximum atomic E-state index is 11.4. The van der Waals surface area contributed by atoms with Crippen LogP contribution in [0.15, 0.2) is 24.3 Å². The molecule has 98 valence electrons. The lowest BCUT2D eigenvalue weighted by Gasteiger charge is -2.35. The summed E-state index contributed by atoms with van der Waals surface area (Å²) in [6, 6.07) is 7.74. The maximum Gasteiger partial charge on any atom is 0.321 e. The van der Waals surface area contributed by atoms with Gasteiger partial charge in [0.25, 0.3) is 0 Å². The third-order valence-electron chi connectivity index (χ3n) is 3.47. The lowest BCUT2D eigenvalue weighted by Crippen LogP contribution is -2.47. The van der Waals surface area contributed by atoms with Crippen molar-refractivity contribution in [1.29, 1.82) is 0 Å². The molecule has 0 spiro atoms. The van der Waals surface area contributed by atoms with Crippen molar-refractivity contribution in [2.75, 3.05) is 27.2 Å². The molecule has 0 aliphatic carbocycles. The SMILES string of the molecule is CN(C)CCN1Cc2ccccc2CC1C(=O)O. The highest BCUT2D eigenvalue weighted by molar-refractivity contribution is 5.74. The Morgan fingerprint density at radius 3 is 2.67 bits per heavy atom. The number of likely N-dealkylation sites (N-methyl/N-ethyl adjacent to an activating group) is 1. The molecule has 0 saturated carbocycles. The molecule has 0 fully saturated rings. The summed E-state index contributed by atoms with van der Waals surface area (Å²) in [5.41, 5.74) is 2.43. The summed E-state index contributed by atoms with van der Waals surface area (Å²) < 4.78 is 0. The molecule has 1 aliphatic rings. The summed E-state index contributed by atoms with van der Waals surface area (Å²) in [5, 5.41) is 9.34. The van der Waals surface area contributed by atoms with Gasteiger partial charge < -0.3 is 10.0 Å². The molecular weight excluding hydrogens is 228 g/mol. The second kappa shape index (κ2) is 5.50. The molecule has 0 bridgehead atoms. The molecule has 0 amide bonds. The molecule has 1 unspecified atom stereocenters. The van der Waals surface area contributed by atoms with E-state index in [1.165, 1.54) is 11.1 Å². The number of nitrogens with zero attached hydrogens (tertiary/aromatic N) is 2. The molecule has 0 radical (unpaired) electrons. The van der Waals surface area contributed by atoms with Gasteiger partial charge in [0.1, 0.15) is 6.04 Å². The van der Waals surface area contributed by atoms with Crippen LogP contribution in [0.25, 0.3) is 0 Å². The van der Waals surface area contributed by atoms with Gasteiger partial charge in [0.15, 0.2) is 0 Å². The van der Waals surface area contributed by atoms with Gasteiger partial charge in [0.05, 0.1) is 0 Å². The first-order valence-electron chi connectivity index (χ1n) is 6.26. The fraction of sp³-hybridized carbons (Fsp3) is 0.500. The molecule has 0 aromatic heterocycles. The van der Waals surface area contributed by atoms with Crippen LogP contribution in [0.4, 0.5) is 0 Å². The number of rotatable bonds is 4. The van der Waals surface area contributed by atoms with Crippen molar-refractivity contribution in [3.63, 3.8) is 0 Å². The molecule has 2 rings (SSSR count). The van der Waals surface area contributed by atoms with Crippen molar-refractivity contribution >= 4 is 5.97 Å². The van der Waals surface area contributed by atoms with E-state index in [9.17, 15) is 9.90 Å². The summed E-state index contributed by atoms with van der Waals surface area (Å²) in [6.45, 7) is 2.41. The second-order valence-electron chi connectivity index (χ2n) is 5.10. The Balaban J connectivity index is 2.15. The van der Waals surface area contributed by atoms with Crippen molar-refractivity contribution in [2.45, 2.75) is 19.0 Å². The van der Waals surface area contributed by atoms with Crippen LogP contribution in [0, 0.1) is 0 Å². The number of carboxylic acids is 1. The standard InChI is InChI=1S/C14H20N2O2/c1-15(2)7-8-16-10-12-6-4-3-5-11(12)9-13(16)14(17)18/h3-6,13H,7-10H2,1-2H3,(H,17,18). The van der Waals surface area contributed by atoms with Gasteiger partial charge in [-0.05, 0) is 31.6 Å². The molecule has 1 N–H and O–H groups in total. The van der Waals surface area contributed by atoms with Gasteiger partial charge in [-0.1, -0.05) is 24.3 Å². The molecule has 4 heteroatoms. The Morgan fingerprint density at radius 2 is 2.06 bits per heavy atom. The van der Waals surface area contributed by atoms with Crippen LogP contribution >= 0.6 is 0 Å². The molecule has 18 heavy (non-hydrogen) atoms. The maximum absolute atomic E-state index is 11.4. The lowest BCUT2D eigenvalue weighted by atomic mass is 9.94. The first-order valence-corrected chi connectivity index (χ1v) is 6.26. The molecule has 1 aromatic rings. The highest BCUT2D eigenvalue weighted by atomic mass is 16.4. The average Bonchev–Trinajstić information content (AvgIpc) is 2.35. The molecule has 4 nitrogen and oxygen atoms in total. The Kier molecular flexibility index (Phi) is 3.99. The predicted molar refractivity (Wildman–Crippen MR) is 70.5 cm³/mol. The Bertz CT molecular complexity index is 432. The molecule has 1 heterocycles. The van der Waals surface area contributed by atoms with Crippen LogP contribution in [0.3, 0.4) is 0 Å². The normalized spacial score (nSPS) is 19.8. The van der Waals surface area contributed by atoms with Gasteiger partial charge >= 0.3 is 5.97 Å². The van der Waals surface area contributed by atoms with Gasteiger partial charge in [-0.3, -0.25) is 9.69 Å². The molecule has 1 atom stereocenters. The van der Waals surface area contributed by atoms with Crippen LogP contribution in [-0.4, -0.2) is 54.1 Å². The van der Waals surface area contributed by atoms with E-state index in [4.69, 9.17) is 0 Å². The Hall–Kier alpha value is -1.39. The topological polar surface area (TPSA) is 43.8 Å². The number of carboxylic acid groups (broad SMARTS) is 1. The van der Waals surface area contributed by atoms with E-state index in [2.05, 4.69) is 15.9 Å². The summed E-state index contributed by atoms with van der Waals surface area (Å²) in [5.74, 6) is -0.719. The summed E-state index contributed by atoms with van der Waals surface area (Å²) in [7, 11) is 4.02. The largest absolute Gasteiger partial charge is 0.480 e. The zero-order valence-electron chi connectivity index (χ0n) is 11.0. The zero-order valence-corrected chi connectivity index (χ0v) is 11.0. The zero-order chi connectivity index (χ0) is 13.1. The number of fused-ring (bicyclic) bond motifs is 1. The van der Waals surface area contributed by atoms with E-state index in [0.717, 1.165) is 19.6 Å². The number of hydrogen-bond donors (Lipinski definition) is 1. The fourth-order valence-corrected chi connectivity index (χ4v) is 2.38. The van der Waals surface area contributed by atoms with Crippen molar-refractivity contribution in [3.05, 3.63) is 35.4 Å². The van der Waals surface area contributed by atoms with Crippen LogP contribution in [0.2, 0.25) is 0 Å². The quantitative estimate of drug-likeness (QED) is 0.865. The lowest BCUT2D eigenvalue weighted by molar-refractivity contribution is -0.144. The van der Waals surface area contributed by atoms with Gasteiger partial charge in [0.2, 0.25) is 0 Å². The van der Waals surface area contributed by atoms with Crippen LogP contribution in [0.1, 0.15) is 11.1 Å². The van der Waals surface area contributed by atoms with E-state index in [0.29, 0.717) is 6.42 Å².